The molecule has 0 aliphatic rings. The average molecular weight is 260 g/mol. The smallest absolute Gasteiger partial charge is 0.211 e. The second-order valence-corrected chi connectivity index (χ2v) is 5.55. The van der Waals surface area contributed by atoms with Gasteiger partial charge < -0.3 is 0 Å². The van der Waals surface area contributed by atoms with E-state index in [0.29, 0.717) is 13.0 Å². The minimum atomic E-state index is -3.51. The number of hydrogen-bond donors (Lipinski definition) is 1. The van der Waals surface area contributed by atoms with Crippen LogP contribution < -0.4 is 4.72 Å². The quantitative estimate of drug-likeness (QED) is 0.652. The van der Waals surface area contributed by atoms with Crippen molar-refractivity contribution in [3.63, 3.8) is 0 Å². The number of hydrogen-bond acceptors (Lipinski definition) is 2. The number of rotatable bonds is 5. The minimum absolute atomic E-state index is 0.115. The molecule has 0 bridgehead atoms. The maximum absolute atomic E-state index is 11.8. The van der Waals surface area contributed by atoms with E-state index in [4.69, 9.17) is 11.6 Å². The molecule has 1 aromatic rings. The summed E-state index contributed by atoms with van der Waals surface area (Å²) in [6.07, 6.45) is 2.24. The fourth-order valence-corrected chi connectivity index (χ4v) is 2.84. The van der Waals surface area contributed by atoms with Gasteiger partial charge in [0.2, 0.25) is 10.0 Å². The fraction of sp³-hybridized carbons (Fsp3) is 0.273. The Morgan fingerprint density at radius 2 is 2.19 bits per heavy atom. The Hall–Kier alpha value is -0.840. The zero-order valence-corrected chi connectivity index (χ0v) is 10.6. The van der Waals surface area contributed by atoms with Crippen molar-refractivity contribution in [1.29, 1.82) is 0 Å². The Morgan fingerprint density at radius 3 is 2.75 bits per heavy atom. The lowest BCUT2D eigenvalue weighted by Gasteiger charge is -2.07. The molecular weight excluding hydrogens is 246 g/mol. The highest BCUT2D eigenvalue weighted by Crippen LogP contribution is 2.22. The molecule has 3 nitrogen and oxygen atoms in total. The van der Waals surface area contributed by atoms with Gasteiger partial charge in [0, 0.05) is 6.54 Å². The third kappa shape index (κ3) is 3.33. The molecule has 0 aliphatic heterocycles. The average Bonchev–Trinajstić information content (AvgIpc) is 2.17. The maximum atomic E-state index is 11.8. The van der Waals surface area contributed by atoms with Gasteiger partial charge in [0.15, 0.2) is 0 Å². The van der Waals surface area contributed by atoms with E-state index in [2.05, 4.69) is 11.3 Å². The lowest BCUT2D eigenvalue weighted by atomic mass is 10.2. The van der Waals surface area contributed by atoms with Crippen LogP contribution in [0.4, 0.5) is 0 Å². The number of aryl methyl sites for hydroxylation is 1. The van der Waals surface area contributed by atoms with Gasteiger partial charge in [-0.3, -0.25) is 0 Å². The molecule has 5 heteroatoms. The topological polar surface area (TPSA) is 46.2 Å². The van der Waals surface area contributed by atoms with Crippen LogP contribution in [0, 0.1) is 6.92 Å². The van der Waals surface area contributed by atoms with E-state index in [1.807, 2.05) is 6.92 Å². The summed E-state index contributed by atoms with van der Waals surface area (Å²) in [5.74, 6) is 0. The van der Waals surface area contributed by atoms with Gasteiger partial charge in [-0.2, -0.15) is 0 Å². The lowest BCUT2D eigenvalue weighted by Crippen LogP contribution is -2.24. The van der Waals surface area contributed by atoms with Crippen LogP contribution in [0.1, 0.15) is 12.0 Å². The van der Waals surface area contributed by atoms with Crippen LogP contribution in [0.5, 0.6) is 0 Å². The summed E-state index contributed by atoms with van der Waals surface area (Å²) in [4.78, 5) is 0.115. The van der Waals surface area contributed by atoms with Crippen molar-refractivity contribution in [2.45, 2.75) is 18.2 Å². The van der Waals surface area contributed by atoms with Gasteiger partial charge in [-0.05, 0) is 31.0 Å². The van der Waals surface area contributed by atoms with Gasteiger partial charge in [-0.25, -0.2) is 13.1 Å². The Labute approximate surface area is 101 Å². The van der Waals surface area contributed by atoms with Gasteiger partial charge >= 0.3 is 0 Å². The SMILES string of the molecule is C=CCCNS(=O)(=O)c1ccc(C)cc1Cl. The first-order valence-corrected chi connectivity index (χ1v) is 6.70. The van der Waals surface area contributed by atoms with E-state index in [1.54, 1.807) is 18.2 Å². The highest BCUT2D eigenvalue weighted by atomic mass is 35.5. The van der Waals surface area contributed by atoms with Crippen molar-refractivity contribution < 1.29 is 8.42 Å². The zero-order chi connectivity index (χ0) is 12.2. The standard InChI is InChI=1S/C11H14ClNO2S/c1-3-4-7-13-16(14,15)11-6-5-9(2)8-10(11)12/h3,5-6,8,13H,1,4,7H2,2H3. The van der Waals surface area contributed by atoms with E-state index in [1.165, 1.54) is 6.07 Å². The van der Waals surface area contributed by atoms with Crippen LogP contribution in [-0.4, -0.2) is 15.0 Å². The monoisotopic (exact) mass is 259 g/mol. The Morgan fingerprint density at radius 1 is 1.50 bits per heavy atom. The van der Waals surface area contributed by atoms with E-state index in [-0.39, 0.29) is 9.92 Å². The Bertz CT molecular complexity index is 483. The van der Waals surface area contributed by atoms with Crippen LogP contribution in [-0.2, 0) is 10.0 Å². The Kier molecular flexibility index (Phi) is 4.53. The predicted octanol–water partition coefficient (Wildman–Crippen LogP) is 2.50. The summed E-state index contributed by atoms with van der Waals surface area (Å²) in [5, 5.41) is 0.242. The van der Waals surface area contributed by atoms with Crippen LogP contribution in [0.15, 0.2) is 35.7 Å². The van der Waals surface area contributed by atoms with Crippen LogP contribution in [0.3, 0.4) is 0 Å². The number of nitrogens with one attached hydrogen (secondary N) is 1. The van der Waals surface area contributed by atoms with Gasteiger partial charge in [0.25, 0.3) is 0 Å². The van der Waals surface area contributed by atoms with Gasteiger partial charge in [0.1, 0.15) is 4.90 Å². The number of sulfonamides is 1. The first-order valence-electron chi connectivity index (χ1n) is 4.84. The molecule has 0 radical (unpaired) electrons. The van der Waals surface area contributed by atoms with E-state index < -0.39 is 10.0 Å². The number of benzene rings is 1. The molecule has 0 unspecified atom stereocenters. The molecule has 0 aliphatic carbocycles. The summed E-state index contributed by atoms with van der Waals surface area (Å²) >= 11 is 5.89. The minimum Gasteiger partial charge on any atom is -0.211 e. The molecule has 0 aromatic heterocycles. The molecular formula is C11H14ClNO2S. The molecule has 0 fully saturated rings. The van der Waals surface area contributed by atoms with Crippen LogP contribution >= 0.6 is 11.6 Å². The predicted molar refractivity (Wildman–Crippen MR) is 66.2 cm³/mol. The molecule has 1 aromatic carbocycles. The lowest BCUT2D eigenvalue weighted by molar-refractivity contribution is 0.582. The fourth-order valence-electron chi connectivity index (χ4n) is 1.20. The highest BCUT2D eigenvalue weighted by Gasteiger charge is 2.16. The molecule has 0 saturated carbocycles. The van der Waals surface area contributed by atoms with E-state index in [9.17, 15) is 8.42 Å². The maximum Gasteiger partial charge on any atom is 0.242 e. The van der Waals surface area contributed by atoms with E-state index >= 15 is 0 Å². The summed E-state index contributed by atoms with van der Waals surface area (Å²) < 4.78 is 26.1. The van der Waals surface area contributed by atoms with Crippen molar-refractivity contribution >= 4 is 21.6 Å². The van der Waals surface area contributed by atoms with Gasteiger partial charge in [0.05, 0.1) is 5.02 Å². The zero-order valence-electron chi connectivity index (χ0n) is 9.03. The summed E-state index contributed by atoms with van der Waals surface area (Å²) in [6.45, 7) is 5.71. The largest absolute Gasteiger partial charge is 0.242 e. The number of halogens is 1. The molecule has 0 spiro atoms. The molecule has 16 heavy (non-hydrogen) atoms. The molecule has 0 amide bonds. The highest BCUT2D eigenvalue weighted by molar-refractivity contribution is 7.89. The van der Waals surface area contributed by atoms with Gasteiger partial charge in [-0.15, -0.1) is 6.58 Å². The van der Waals surface area contributed by atoms with Crippen LogP contribution in [0.2, 0.25) is 5.02 Å². The molecule has 0 saturated heterocycles. The molecule has 0 heterocycles. The van der Waals surface area contributed by atoms with Crippen molar-refractivity contribution in [2.75, 3.05) is 6.54 Å². The van der Waals surface area contributed by atoms with Crippen molar-refractivity contribution in [2.24, 2.45) is 0 Å². The Balaban J connectivity index is 2.94. The van der Waals surface area contributed by atoms with Crippen molar-refractivity contribution in [1.82, 2.24) is 4.72 Å². The van der Waals surface area contributed by atoms with Crippen molar-refractivity contribution in [3.05, 3.63) is 41.4 Å². The van der Waals surface area contributed by atoms with E-state index in [0.717, 1.165) is 5.56 Å². The summed E-state index contributed by atoms with van der Waals surface area (Å²) in [5.41, 5.74) is 0.926. The normalized spacial score (nSPS) is 11.4. The van der Waals surface area contributed by atoms with Gasteiger partial charge in [-0.1, -0.05) is 23.7 Å². The molecule has 0 atom stereocenters. The molecule has 88 valence electrons. The third-order valence-corrected chi connectivity index (χ3v) is 3.96. The second kappa shape index (κ2) is 5.48. The first kappa shape index (κ1) is 13.2. The van der Waals surface area contributed by atoms with Crippen molar-refractivity contribution in [3.8, 4) is 0 Å². The summed E-state index contributed by atoms with van der Waals surface area (Å²) in [7, 11) is -3.51. The first-order chi connectivity index (χ1) is 7.47. The van der Waals surface area contributed by atoms with Crippen LogP contribution in [0.25, 0.3) is 0 Å². The molecule has 1 rings (SSSR count). The second-order valence-electron chi connectivity index (χ2n) is 3.41. The third-order valence-electron chi connectivity index (χ3n) is 2.02. The molecule has 1 N–H and O–H groups in total. The summed E-state index contributed by atoms with van der Waals surface area (Å²) in [6, 6.07) is 4.85.